The summed E-state index contributed by atoms with van der Waals surface area (Å²) in [5, 5.41) is 4.37. The maximum atomic E-state index is 6.03. The van der Waals surface area contributed by atoms with Crippen LogP contribution in [-0.2, 0) is 0 Å². The van der Waals surface area contributed by atoms with Crippen molar-refractivity contribution in [3.8, 4) is 0 Å². The summed E-state index contributed by atoms with van der Waals surface area (Å²) in [6, 6.07) is 16.9. The molecule has 2 aromatic carbocycles. The fourth-order valence-electron chi connectivity index (χ4n) is 2.12. The molecule has 2 rings (SSSR count). The molecule has 0 radical (unpaired) electrons. The Hall–Kier alpha value is -0.830. The van der Waals surface area contributed by atoms with Gasteiger partial charge in [-0.1, -0.05) is 51.8 Å². The molecule has 0 saturated heterocycles. The first kappa shape index (κ1) is 14.6. The molecule has 2 atom stereocenters. The Bertz CT molecular complexity index is 506. The average Bonchev–Trinajstić information content (AvgIpc) is 2.38. The van der Waals surface area contributed by atoms with Crippen LogP contribution in [0.5, 0.6) is 0 Å². The summed E-state index contributed by atoms with van der Waals surface area (Å²) >= 11 is 9.54. The van der Waals surface area contributed by atoms with Gasteiger partial charge in [0.05, 0.1) is 0 Å². The van der Waals surface area contributed by atoms with Crippen LogP contribution in [0.1, 0.15) is 37.1 Å². The average molecular weight is 339 g/mol. The van der Waals surface area contributed by atoms with Gasteiger partial charge >= 0.3 is 0 Å². The fourth-order valence-corrected chi connectivity index (χ4v) is 2.73. The van der Waals surface area contributed by atoms with E-state index in [1.54, 1.807) is 0 Å². The van der Waals surface area contributed by atoms with Crippen LogP contribution in [0.15, 0.2) is 53.0 Å². The zero-order chi connectivity index (χ0) is 13.8. The van der Waals surface area contributed by atoms with Crippen molar-refractivity contribution in [2.24, 2.45) is 0 Å². The molecule has 0 heterocycles. The maximum absolute atomic E-state index is 6.03. The van der Waals surface area contributed by atoms with E-state index in [-0.39, 0.29) is 12.1 Å². The monoisotopic (exact) mass is 337 g/mol. The van der Waals surface area contributed by atoms with Crippen LogP contribution < -0.4 is 5.32 Å². The highest BCUT2D eigenvalue weighted by molar-refractivity contribution is 9.10. The van der Waals surface area contributed by atoms with E-state index in [4.69, 9.17) is 11.6 Å². The Balaban J connectivity index is 2.08. The summed E-state index contributed by atoms with van der Waals surface area (Å²) in [6.07, 6.45) is 0. The van der Waals surface area contributed by atoms with Gasteiger partial charge in [0.1, 0.15) is 0 Å². The van der Waals surface area contributed by atoms with E-state index in [2.05, 4.69) is 59.4 Å². The minimum absolute atomic E-state index is 0.257. The van der Waals surface area contributed by atoms with E-state index in [1.807, 2.05) is 24.3 Å². The van der Waals surface area contributed by atoms with E-state index in [0.717, 1.165) is 9.50 Å². The lowest BCUT2D eigenvalue weighted by molar-refractivity contribution is 0.494. The first-order valence-corrected chi connectivity index (χ1v) is 7.50. The minimum Gasteiger partial charge on any atom is -0.304 e. The van der Waals surface area contributed by atoms with E-state index in [0.29, 0.717) is 0 Å². The molecule has 0 saturated carbocycles. The number of rotatable bonds is 4. The third kappa shape index (κ3) is 4.07. The van der Waals surface area contributed by atoms with Crippen LogP contribution in [-0.4, -0.2) is 0 Å². The number of halogens is 2. The molecular weight excluding hydrogens is 322 g/mol. The number of hydrogen-bond acceptors (Lipinski definition) is 1. The summed E-state index contributed by atoms with van der Waals surface area (Å²) in [7, 11) is 0. The van der Waals surface area contributed by atoms with Gasteiger partial charge in [-0.25, -0.2) is 0 Å². The number of nitrogens with one attached hydrogen (secondary N) is 1. The van der Waals surface area contributed by atoms with Crippen molar-refractivity contribution < 1.29 is 0 Å². The van der Waals surface area contributed by atoms with Gasteiger partial charge < -0.3 is 5.32 Å². The highest BCUT2D eigenvalue weighted by atomic mass is 79.9. The predicted molar refractivity (Wildman–Crippen MR) is 85.6 cm³/mol. The molecule has 0 fully saturated rings. The smallest absolute Gasteiger partial charge is 0.0409 e. The van der Waals surface area contributed by atoms with Crippen molar-refractivity contribution in [2.45, 2.75) is 25.9 Å². The Labute approximate surface area is 128 Å². The van der Waals surface area contributed by atoms with Crippen molar-refractivity contribution >= 4 is 27.5 Å². The predicted octanol–water partition coefficient (Wildman–Crippen LogP) is 5.51. The van der Waals surface area contributed by atoms with E-state index in [1.165, 1.54) is 11.1 Å². The van der Waals surface area contributed by atoms with Crippen LogP contribution in [0.4, 0.5) is 0 Å². The van der Waals surface area contributed by atoms with Gasteiger partial charge in [-0.3, -0.25) is 0 Å². The highest BCUT2D eigenvalue weighted by Gasteiger charge is 2.11. The standard InChI is InChI=1S/C16H17BrClN/c1-11(13-5-3-7-15(17)9-13)19-12(2)14-6-4-8-16(18)10-14/h3-12,19H,1-2H3/t11-,12?/m0/s1. The molecule has 0 spiro atoms. The molecule has 19 heavy (non-hydrogen) atoms. The van der Waals surface area contributed by atoms with Crippen molar-refractivity contribution in [3.05, 3.63) is 69.2 Å². The Kier molecular flexibility index (Phi) is 5.03. The topological polar surface area (TPSA) is 12.0 Å². The summed E-state index contributed by atoms with van der Waals surface area (Å²) in [4.78, 5) is 0. The van der Waals surface area contributed by atoms with Gasteiger partial charge in [-0.05, 0) is 49.2 Å². The van der Waals surface area contributed by atoms with Gasteiger partial charge in [0, 0.05) is 21.6 Å². The third-order valence-electron chi connectivity index (χ3n) is 3.20. The lowest BCUT2D eigenvalue weighted by Gasteiger charge is -2.21. The third-order valence-corrected chi connectivity index (χ3v) is 3.93. The molecule has 1 N–H and O–H groups in total. The largest absolute Gasteiger partial charge is 0.304 e. The van der Waals surface area contributed by atoms with Crippen molar-refractivity contribution in [1.29, 1.82) is 0 Å². The summed E-state index contributed by atoms with van der Waals surface area (Å²) in [5.74, 6) is 0. The molecule has 1 unspecified atom stereocenters. The maximum Gasteiger partial charge on any atom is 0.0409 e. The molecule has 1 nitrogen and oxygen atoms in total. The Morgan fingerprint density at radius 1 is 0.947 bits per heavy atom. The number of hydrogen-bond donors (Lipinski definition) is 1. The van der Waals surface area contributed by atoms with Crippen LogP contribution in [0.2, 0.25) is 5.02 Å². The van der Waals surface area contributed by atoms with Crippen LogP contribution >= 0.6 is 27.5 Å². The van der Waals surface area contributed by atoms with Crippen LogP contribution in [0, 0.1) is 0 Å². The molecular formula is C16H17BrClN. The van der Waals surface area contributed by atoms with E-state index >= 15 is 0 Å². The van der Waals surface area contributed by atoms with Gasteiger partial charge in [0.25, 0.3) is 0 Å². The second-order valence-corrected chi connectivity index (χ2v) is 6.07. The summed E-state index contributed by atoms with van der Waals surface area (Å²) in [6.45, 7) is 4.32. The first-order valence-electron chi connectivity index (χ1n) is 6.33. The fraction of sp³-hybridized carbons (Fsp3) is 0.250. The van der Waals surface area contributed by atoms with Crippen LogP contribution in [0.25, 0.3) is 0 Å². The molecule has 2 aromatic rings. The molecule has 0 bridgehead atoms. The lowest BCUT2D eigenvalue weighted by Crippen LogP contribution is -2.22. The van der Waals surface area contributed by atoms with Gasteiger partial charge in [0.2, 0.25) is 0 Å². The highest BCUT2D eigenvalue weighted by Crippen LogP contribution is 2.23. The van der Waals surface area contributed by atoms with Crippen molar-refractivity contribution in [3.63, 3.8) is 0 Å². The molecule has 3 heteroatoms. The molecule has 0 amide bonds. The Morgan fingerprint density at radius 2 is 1.53 bits per heavy atom. The number of benzene rings is 2. The first-order chi connectivity index (χ1) is 9.06. The van der Waals surface area contributed by atoms with Gasteiger partial charge in [-0.2, -0.15) is 0 Å². The molecule has 0 aliphatic carbocycles. The lowest BCUT2D eigenvalue weighted by atomic mass is 10.0. The molecule has 100 valence electrons. The van der Waals surface area contributed by atoms with Crippen molar-refractivity contribution in [1.82, 2.24) is 5.32 Å². The summed E-state index contributed by atoms with van der Waals surface area (Å²) in [5.41, 5.74) is 2.47. The second kappa shape index (κ2) is 6.56. The zero-order valence-corrected chi connectivity index (χ0v) is 13.4. The summed E-state index contributed by atoms with van der Waals surface area (Å²) < 4.78 is 1.11. The molecule has 0 aromatic heterocycles. The van der Waals surface area contributed by atoms with E-state index < -0.39 is 0 Å². The van der Waals surface area contributed by atoms with Gasteiger partial charge in [-0.15, -0.1) is 0 Å². The SMILES string of the molecule is CC(N[C@@H](C)c1cccc(Br)c1)c1cccc(Cl)c1. The quantitative estimate of drug-likeness (QED) is 0.774. The van der Waals surface area contributed by atoms with Gasteiger partial charge in [0.15, 0.2) is 0 Å². The molecule has 0 aliphatic rings. The normalized spacial score (nSPS) is 14.1. The van der Waals surface area contributed by atoms with Crippen LogP contribution in [0.3, 0.4) is 0 Å². The second-order valence-electron chi connectivity index (χ2n) is 4.72. The molecule has 0 aliphatic heterocycles. The Morgan fingerprint density at radius 3 is 2.11 bits per heavy atom. The zero-order valence-electron chi connectivity index (χ0n) is 11.0. The van der Waals surface area contributed by atoms with E-state index in [9.17, 15) is 0 Å². The van der Waals surface area contributed by atoms with Crippen molar-refractivity contribution in [2.75, 3.05) is 0 Å². The minimum atomic E-state index is 0.257.